The highest BCUT2D eigenvalue weighted by molar-refractivity contribution is 7.12. The molecule has 13 heavy (non-hydrogen) atoms. The fourth-order valence-electron chi connectivity index (χ4n) is 0.859. The molecule has 0 unspecified atom stereocenters. The van der Waals surface area contributed by atoms with E-state index in [1.54, 1.807) is 6.07 Å². The van der Waals surface area contributed by atoms with Crippen molar-refractivity contribution < 1.29 is 4.79 Å². The molecule has 0 aliphatic heterocycles. The smallest absolute Gasteiger partial charge is 0.170 e. The van der Waals surface area contributed by atoms with Crippen LogP contribution >= 0.6 is 11.3 Å². The van der Waals surface area contributed by atoms with Gasteiger partial charge in [-0.3, -0.25) is 4.79 Å². The number of rotatable bonds is 1. The van der Waals surface area contributed by atoms with E-state index in [-0.39, 0.29) is 12.2 Å². The minimum Gasteiger partial charge on any atom is -0.294 e. The summed E-state index contributed by atoms with van der Waals surface area (Å²) in [6, 6.07) is 3.72. The fourth-order valence-corrected chi connectivity index (χ4v) is 1.61. The second-order valence-corrected chi connectivity index (χ2v) is 3.27. The second-order valence-electron chi connectivity index (χ2n) is 2.36. The minimum atomic E-state index is 0.0243. The topological polar surface area (TPSA) is 40.9 Å². The van der Waals surface area contributed by atoms with Crippen LogP contribution in [0.25, 0.3) is 0 Å². The predicted octanol–water partition coefficient (Wildman–Crippen LogP) is 2.22. The SMILES string of the molecule is CC(=O)c1sccc1C#CCC#N. The molecule has 3 heteroatoms. The van der Waals surface area contributed by atoms with E-state index >= 15 is 0 Å². The van der Waals surface area contributed by atoms with Crippen molar-refractivity contribution in [2.24, 2.45) is 0 Å². The average Bonchev–Trinajstić information content (AvgIpc) is 2.53. The van der Waals surface area contributed by atoms with Crippen molar-refractivity contribution >= 4 is 17.1 Å². The van der Waals surface area contributed by atoms with Gasteiger partial charge >= 0.3 is 0 Å². The Kier molecular flexibility index (Phi) is 3.25. The van der Waals surface area contributed by atoms with Crippen molar-refractivity contribution in [3.8, 4) is 17.9 Å². The van der Waals surface area contributed by atoms with Crippen molar-refractivity contribution in [2.45, 2.75) is 13.3 Å². The van der Waals surface area contributed by atoms with Crippen molar-refractivity contribution in [1.29, 1.82) is 5.26 Å². The van der Waals surface area contributed by atoms with Gasteiger partial charge in [-0.15, -0.1) is 11.3 Å². The largest absolute Gasteiger partial charge is 0.294 e. The molecule has 0 fully saturated rings. The van der Waals surface area contributed by atoms with Crippen LogP contribution < -0.4 is 0 Å². The summed E-state index contributed by atoms with van der Waals surface area (Å²) in [5, 5.41) is 10.1. The highest BCUT2D eigenvalue weighted by atomic mass is 32.1. The Morgan fingerprint density at radius 3 is 3.08 bits per heavy atom. The van der Waals surface area contributed by atoms with Crippen LogP contribution in [0, 0.1) is 23.2 Å². The van der Waals surface area contributed by atoms with Gasteiger partial charge in [0.1, 0.15) is 0 Å². The van der Waals surface area contributed by atoms with Gasteiger partial charge in [-0.2, -0.15) is 5.26 Å². The lowest BCUT2D eigenvalue weighted by molar-refractivity contribution is 0.102. The highest BCUT2D eigenvalue weighted by Crippen LogP contribution is 2.15. The van der Waals surface area contributed by atoms with Crippen LogP contribution in [0.1, 0.15) is 28.6 Å². The molecule has 0 atom stereocenters. The summed E-state index contributed by atoms with van der Waals surface area (Å²) < 4.78 is 0. The quantitative estimate of drug-likeness (QED) is 0.502. The van der Waals surface area contributed by atoms with Gasteiger partial charge in [-0.25, -0.2) is 0 Å². The predicted molar refractivity (Wildman–Crippen MR) is 51.4 cm³/mol. The number of nitrogens with zero attached hydrogens (tertiary/aromatic N) is 1. The number of Topliss-reactive ketones (excluding diaryl/α,β-unsaturated/α-hetero) is 1. The van der Waals surface area contributed by atoms with Crippen LogP contribution in [0.5, 0.6) is 0 Å². The molecule has 0 saturated carbocycles. The summed E-state index contributed by atoms with van der Waals surface area (Å²) in [4.78, 5) is 11.7. The first-order chi connectivity index (χ1) is 6.25. The number of hydrogen-bond donors (Lipinski definition) is 0. The van der Waals surface area contributed by atoms with E-state index in [0.29, 0.717) is 4.88 Å². The third-order valence-corrected chi connectivity index (χ3v) is 2.39. The first-order valence-electron chi connectivity index (χ1n) is 3.70. The Hall–Kier alpha value is -1.58. The number of nitriles is 1. The molecule has 0 aliphatic rings. The molecular weight excluding hydrogens is 182 g/mol. The zero-order valence-corrected chi connectivity index (χ0v) is 7.94. The van der Waals surface area contributed by atoms with Gasteiger partial charge in [0.25, 0.3) is 0 Å². The maximum absolute atomic E-state index is 11.0. The molecule has 1 heterocycles. The molecule has 0 saturated heterocycles. The molecule has 1 rings (SSSR count). The highest BCUT2D eigenvalue weighted by Gasteiger charge is 2.05. The molecule has 0 N–H and O–H groups in total. The average molecular weight is 189 g/mol. The molecular formula is C10H7NOS. The molecule has 0 bridgehead atoms. The van der Waals surface area contributed by atoms with E-state index in [9.17, 15) is 4.79 Å². The molecule has 1 aromatic rings. The first kappa shape index (κ1) is 9.51. The zero-order valence-electron chi connectivity index (χ0n) is 7.13. The maximum Gasteiger partial charge on any atom is 0.170 e. The van der Waals surface area contributed by atoms with Crippen LogP contribution in [-0.4, -0.2) is 5.78 Å². The normalized spacial score (nSPS) is 8.31. The lowest BCUT2D eigenvalue weighted by Gasteiger charge is -1.88. The lowest BCUT2D eigenvalue weighted by atomic mass is 10.2. The Labute approximate surface area is 80.8 Å². The Balaban J connectivity index is 2.92. The van der Waals surface area contributed by atoms with Crippen molar-refractivity contribution in [2.75, 3.05) is 0 Å². The summed E-state index contributed by atoms with van der Waals surface area (Å²) in [5.41, 5.74) is 0.729. The lowest BCUT2D eigenvalue weighted by Crippen LogP contribution is -1.89. The van der Waals surface area contributed by atoms with Crippen molar-refractivity contribution in [1.82, 2.24) is 0 Å². The van der Waals surface area contributed by atoms with Crippen LogP contribution in [0.2, 0.25) is 0 Å². The van der Waals surface area contributed by atoms with Gasteiger partial charge in [0.15, 0.2) is 5.78 Å². The zero-order chi connectivity index (χ0) is 9.68. The minimum absolute atomic E-state index is 0.0243. The van der Waals surface area contributed by atoms with Gasteiger partial charge < -0.3 is 0 Å². The van der Waals surface area contributed by atoms with Crippen LogP contribution in [-0.2, 0) is 0 Å². The molecule has 0 spiro atoms. The first-order valence-corrected chi connectivity index (χ1v) is 4.58. The number of carbonyl (C=O) groups is 1. The third-order valence-electron chi connectivity index (χ3n) is 1.38. The Bertz CT molecular complexity index is 414. The van der Waals surface area contributed by atoms with Crippen molar-refractivity contribution in [3.63, 3.8) is 0 Å². The van der Waals surface area contributed by atoms with Crippen LogP contribution in [0.3, 0.4) is 0 Å². The Morgan fingerprint density at radius 1 is 1.69 bits per heavy atom. The van der Waals surface area contributed by atoms with Crippen LogP contribution in [0.4, 0.5) is 0 Å². The molecule has 64 valence electrons. The summed E-state index contributed by atoms with van der Waals surface area (Å²) in [5.74, 6) is 5.49. The number of hydrogen-bond acceptors (Lipinski definition) is 3. The fraction of sp³-hybridized carbons (Fsp3) is 0.200. The van der Waals surface area contributed by atoms with Crippen LogP contribution in [0.15, 0.2) is 11.4 Å². The standard InChI is InChI=1S/C10H7NOS/c1-8(12)10-9(5-7-13-10)4-2-3-6-11/h5,7H,3H2,1H3. The van der Waals surface area contributed by atoms with Gasteiger partial charge in [-0.1, -0.05) is 11.8 Å². The van der Waals surface area contributed by atoms with E-state index < -0.39 is 0 Å². The van der Waals surface area contributed by atoms with E-state index in [0.717, 1.165) is 5.56 Å². The maximum atomic E-state index is 11.0. The molecule has 2 nitrogen and oxygen atoms in total. The van der Waals surface area contributed by atoms with Gasteiger partial charge in [0.05, 0.1) is 17.4 Å². The summed E-state index contributed by atoms with van der Waals surface area (Å²) in [6.45, 7) is 1.52. The molecule has 0 aliphatic carbocycles. The third kappa shape index (κ3) is 2.43. The summed E-state index contributed by atoms with van der Waals surface area (Å²) in [6.07, 6.45) is 0.202. The number of carbonyl (C=O) groups excluding carboxylic acids is 1. The van der Waals surface area contributed by atoms with Crippen molar-refractivity contribution in [3.05, 3.63) is 21.9 Å². The van der Waals surface area contributed by atoms with Gasteiger partial charge in [0, 0.05) is 5.56 Å². The number of thiophene rings is 1. The Morgan fingerprint density at radius 2 is 2.46 bits per heavy atom. The number of ketones is 1. The van der Waals surface area contributed by atoms with E-state index in [1.807, 2.05) is 11.4 Å². The monoisotopic (exact) mass is 189 g/mol. The second kappa shape index (κ2) is 4.45. The van der Waals surface area contributed by atoms with Gasteiger partial charge in [0.2, 0.25) is 0 Å². The van der Waals surface area contributed by atoms with Gasteiger partial charge in [-0.05, 0) is 18.4 Å². The molecule has 0 amide bonds. The summed E-state index contributed by atoms with van der Waals surface area (Å²) in [7, 11) is 0. The summed E-state index contributed by atoms with van der Waals surface area (Å²) >= 11 is 1.38. The van der Waals surface area contributed by atoms with E-state index in [2.05, 4.69) is 11.8 Å². The van der Waals surface area contributed by atoms with E-state index in [1.165, 1.54) is 18.3 Å². The molecule has 0 aromatic carbocycles. The molecule has 1 aromatic heterocycles. The van der Waals surface area contributed by atoms with E-state index in [4.69, 9.17) is 5.26 Å². The molecule has 0 radical (unpaired) electrons.